The van der Waals surface area contributed by atoms with E-state index in [0.29, 0.717) is 11.3 Å². The summed E-state index contributed by atoms with van der Waals surface area (Å²) < 4.78 is 13.1. The van der Waals surface area contributed by atoms with Gasteiger partial charge in [-0.1, -0.05) is 32.9 Å². The quantitative estimate of drug-likeness (QED) is 0.776. The average Bonchev–Trinajstić information content (AvgIpc) is 2.41. The van der Waals surface area contributed by atoms with E-state index in [2.05, 4.69) is 38.7 Å². The van der Waals surface area contributed by atoms with Gasteiger partial charge in [0, 0.05) is 16.1 Å². The summed E-state index contributed by atoms with van der Waals surface area (Å²) in [5, 5.41) is 2.79. The van der Waals surface area contributed by atoms with Gasteiger partial charge in [0.1, 0.15) is 5.82 Å². The Morgan fingerprint density at radius 3 is 2.24 bits per heavy atom. The van der Waals surface area contributed by atoms with Crippen LogP contribution in [0.5, 0.6) is 0 Å². The zero-order chi connectivity index (χ0) is 15.6. The summed E-state index contributed by atoms with van der Waals surface area (Å²) in [7, 11) is 0. The highest BCUT2D eigenvalue weighted by molar-refractivity contribution is 7.80. The topological polar surface area (TPSA) is 29.1 Å². The van der Waals surface area contributed by atoms with Crippen LogP contribution in [0.3, 0.4) is 0 Å². The molecule has 2 nitrogen and oxygen atoms in total. The molecule has 0 aromatic heterocycles. The molecule has 0 spiro atoms. The van der Waals surface area contributed by atoms with Crippen LogP contribution in [0.2, 0.25) is 0 Å². The van der Waals surface area contributed by atoms with Crippen molar-refractivity contribution in [2.45, 2.75) is 31.1 Å². The second kappa shape index (κ2) is 5.90. The molecule has 0 bridgehead atoms. The summed E-state index contributed by atoms with van der Waals surface area (Å²) in [5.41, 5.74) is 2.35. The monoisotopic (exact) mass is 303 g/mol. The smallest absolute Gasteiger partial charge is 0.255 e. The molecule has 0 atom stereocenters. The second-order valence-electron chi connectivity index (χ2n) is 5.95. The highest BCUT2D eigenvalue weighted by atomic mass is 32.1. The maximum atomic E-state index is 13.1. The summed E-state index contributed by atoms with van der Waals surface area (Å²) in [6.07, 6.45) is 0. The summed E-state index contributed by atoms with van der Waals surface area (Å²) in [6.45, 7) is 6.40. The highest BCUT2D eigenvalue weighted by Gasteiger charge is 2.13. The van der Waals surface area contributed by atoms with Gasteiger partial charge in [0.25, 0.3) is 5.91 Å². The molecule has 1 amide bonds. The van der Waals surface area contributed by atoms with Gasteiger partial charge in [-0.25, -0.2) is 4.39 Å². The number of halogens is 1. The van der Waals surface area contributed by atoms with E-state index >= 15 is 0 Å². The fourth-order valence-electron chi connectivity index (χ4n) is 1.91. The van der Waals surface area contributed by atoms with Gasteiger partial charge >= 0.3 is 0 Å². The van der Waals surface area contributed by atoms with E-state index in [4.69, 9.17) is 0 Å². The molecule has 0 aliphatic carbocycles. The first-order valence-corrected chi connectivity index (χ1v) is 7.12. The Bertz CT molecular complexity index is 659. The number of carbonyl (C=O) groups is 1. The number of amides is 1. The van der Waals surface area contributed by atoms with Crippen molar-refractivity contribution >= 4 is 24.2 Å². The van der Waals surface area contributed by atoms with Crippen LogP contribution in [0.4, 0.5) is 10.1 Å². The molecule has 0 unspecified atom stereocenters. The summed E-state index contributed by atoms with van der Waals surface area (Å²) in [4.78, 5) is 12.3. The number of hydrogen-bond donors (Lipinski definition) is 2. The van der Waals surface area contributed by atoms with Gasteiger partial charge < -0.3 is 5.32 Å². The van der Waals surface area contributed by atoms with E-state index in [1.54, 1.807) is 0 Å². The fourth-order valence-corrected chi connectivity index (χ4v) is 2.12. The van der Waals surface area contributed by atoms with Crippen LogP contribution in [-0.4, -0.2) is 5.91 Å². The van der Waals surface area contributed by atoms with E-state index in [1.165, 1.54) is 23.8 Å². The fraction of sp³-hybridized carbons (Fsp3) is 0.235. The first-order chi connectivity index (χ1) is 9.77. The number of rotatable bonds is 2. The average molecular weight is 303 g/mol. The molecule has 21 heavy (non-hydrogen) atoms. The lowest BCUT2D eigenvalue weighted by atomic mass is 9.87. The summed E-state index contributed by atoms with van der Waals surface area (Å²) in [6, 6.07) is 11.8. The maximum absolute atomic E-state index is 13.1. The molecule has 0 heterocycles. The van der Waals surface area contributed by atoms with Crippen molar-refractivity contribution in [2.24, 2.45) is 0 Å². The molecule has 0 fully saturated rings. The molecule has 4 heteroatoms. The maximum Gasteiger partial charge on any atom is 0.255 e. The van der Waals surface area contributed by atoms with E-state index in [9.17, 15) is 9.18 Å². The minimum absolute atomic E-state index is 0.0699. The minimum atomic E-state index is -0.440. The Morgan fingerprint density at radius 1 is 1.10 bits per heavy atom. The predicted molar refractivity (Wildman–Crippen MR) is 86.7 cm³/mol. The van der Waals surface area contributed by atoms with E-state index in [0.717, 1.165) is 0 Å². The Hall–Kier alpha value is -1.81. The van der Waals surface area contributed by atoms with Gasteiger partial charge in [0.2, 0.25) is 0 Å². The lowest BCUT2D eigenvalue weighted by molar-refractivity contribution is 0.102. The lowest BCUT2D eigenvalue weighted by Gasteiger charge is -2.19. The summed E-state index contributed by atoms with van der Waals surface area (Å²) >= 11 is 3.98. The number of thiol groups is 1. The third-order valence-electron chi connectivity index (χ3n) is 3.22. The molecule has 1 N–H and O–H groups in total. The Kier molecular flexibility index (Phi) is 4.37. The molecule has 110 valence electrons. The summed E-state index contributed by atoms with van der Waals surface area (Å²) in [5.74, 6) is -0.724. The van der Waals surface area contributed by atoms with Gasteiger partial charge in [-0.05, 0) is 41.3 Å². The number of carbonyl (C=O) groups excluding carboxylic acids is 1. The first-order valence-electron chi connectivity index (χ1n) is 6.68. The van der Waals surface area contributed by atoms with Gasteiger partial charge in [0.15, 0.2) is 0 Å². The van der Waals surface area contributed by atoms with Crippen LogP contribution < -0.4 is 5.32 Å². The highest BCUT2D eigenvalue weighted by Crippen LogP contribution is 2.24. The van der Waals surface area contributed by atoms with Crippen LogP contribution in [0.1, 0.15) is 36.7 Å². The van der Waals surface area contributed by atoms with Crippen LogP contribution in [0.15, 0.2) is 47.4 Å². The third kappa shape index (κ3) is 3.85. The molecule has 0 aliphatic heterocycles. The van der Waals surface area contributed by atoms with Crippen molar-refractivity contribution in [3.8, 4) is 0 Å². The van der Waals surface area contributed by atoms with Crippen LogP contribution in [0.25, 0.3) is 0 Å². The van der Waals surface area contributed by atoms with Crippen LogP contribution >= 0.6 is 12.6 Å². The number of benzene rings is 2. The van der Waals surface area contributed by atoms with Crippen molar-refractivity contribution < 1.29 is 9.18 Å². The normalized spacial score (nSPS) is 11.3. The Morgan fingerprint density at radius 2 is 1.71 bits per heavy atom. The molecular weight excluding hydrogens is 285 g/mol. The molecule has 0 saturated heterocycles. The van der Waals surface area contributed by atoms with E-state index < -0.39 is 5.82 Å². The van der Waals surface area contributed by atoms with Crippen LogP contribution in [-0.2, 0) is 5.41 Å². The standard InChI is InChI=1S/C17H18FNOS/c1-17(2,3)12-5-7-13(8-6-12)19-16(20)11-4-9-14(18)15(21)10-11/h4-10,21H,1-3H3,(H,19,20). The van der Waals surface area contributed by atoms with Crippen molar-refractivity contribution in [3.63, 3.8) is 0 Å². The largest absolute Gasteiger partial charge is 0.322 e. The molecule has 0 saturated carbocycles. The van der Waals surface area contributed by atoms with Gasteiger partial charge in [-0.2, -0.15) is 0 Å². The molecular formula is C17H18FNOS. The number of hydrogen-bond acceptors (Lipinski definition) is 2. The van der Waals surface area contributed by atoms with E-state index in [1.807, 2.05) is 24.3 Å². The Labute approximate surface area is 129 Å². The zero-order valence-electron chi connectivity index (χ0n) is 12.3. The third-order valence-corrected chi connectivity index (χ3v) is 3.56. The van der Waals surface area contributed by atoms with E-state index in [-0.39, 0.29) is 16.2 Å². The van der Waals surface area contributed by atoms with Crippen molar-refractivity contribution in [3.05, 3.63) is 59.4 Å². The van der Waals surface area contributed by atoms with Crippen molar-refractivity contribution in [2.75, 3.05) is 5.32 Å². The molecule has 0 aliphatic rings. The van der Waals surface area contributed by atoms with Gasteiger partial charge in [-0.15, -0.1) is 12.6 Å². The van der Waals surface area contributed by atoms with Gasteiger partial charge in [0.05, 0.1) is 0 Å². The van der Waals surface area contributed by atoms with Crippen molar-refractivity contribution in [1.82, 2.24) is 0 Å². The first kappa shape index (κ1) is 15.6. The van der Waals surface area contributed by atoms with Crippen LogP contribution in [0, 0.1) is 5.82 Å². The second-order valence-corrected chi connectivity index (χ2v) is 6.43. The molecule has 2 rings (SSSR count). The SMILES string of the molecule is CC(C)(C)c1ccc(NC(=O)c2ccc(F)c(S)c2)cc1. The molecule has 0 radical (unpaired) electrons. The predicted octanol–water partition coefficient (Wildman–Crippen LogP) is 4.66. The lowest BCUT2D eigenvalue weighted by Crippen LogP contribution is -2.13. The molecule has 2 aromatic carbocycles. The minimum Gasteiger partial charge on any atom is -0.322 e. The molecule has 2 aromatic rings. The van der Waals surface area contributed by atoms with Crippen molar-refractivity contribution in [1.29, 1.82) is 0 Å². The number of anilines is 1. The van der Waals surface area contributed by atoms with Gasteiger partial charge in [-0.3, -0.25) is 4.79 Å². The Balaban J connectivity index is 2.14. The number of nitrogens with one attached hydrogen (secondary N) is 1. The zero-order valence-corrected chi connectivity index (χ0v) is 13.2.